The van der Waals surface area contributed by atoms with Gasteiger partial charge in [-0.05, 0) is 32.6 Å². The summed E-state index contributed by atoms with van der Waals surface area (Å²) in [6.45, 7) is 3.79. The van der Waals surface area contributed by atoms with Crippen LogP contribution >= 0.6 is 0 Å². The Labute approximate surface area is 118 Å². The number of carboxylic acid groups (broad SMARTS) is 1. The Kier molecular flexibility index (Phi) is 7.85. The molecular formula is C17H30O2. The van der Waals surface area contributed by atoms with Gasteiger partial charge in [0.2, 0.25) is 0 Å². The van der Waals surface area contributed by atoms with Crippen molar-refractivity contribution in [2.45, 2.75) is 84.5 Å². The van der Waals surface area contributed by atoms with Crippen molar-refractivity contribution in [1.29, 1.82) is 0 Å². The summed E-state index contributed by atoms with van der Waals surface area (Å²) >= 11 is 0. The topological polar surface area (TPSA) is 37.3 Å². The molecule has 0 aromatic heterocycles. The Balaban J connectivity index is 2.60. The lowest BCUT2D eigenvalue weighted by atomic mass is 9.86. The van der Waals surface area contributed by atoms with Gasteiger partial charge in [-0.3, -0.25) is 0 Å². The summed E-state index contributed by atoms with van der Waals surface area (Å²) in [5.41, 5.74) is 1.68. The van der Waals surface area contributed by atoms with Crippen LogP contribution in [-0.4, -0.2) is 11.1 Å². The van der Waals surface area contributed by atoms with Crippen LogP contribution in [0.25, 0.3) is 0 Å². The molecule has 2 heteroatoms. The fourth-order valence-corrected chi connectivity index (χ4v) is 3.07. The van der Waals surface area contributed by atoms with Crippen molar-refractivity contribution in [3.8, 4) is 0 Å². The largest absolute Gasteiger partial charge is 0.478 e. The summed E-state index contributed by atoms with van der Waals surface area (Å²) in [6, 6.07) is 0. The van der Waals surface area contributed by atoms with Crippen LogP contribution in [0.1, 0.15) is 84.5 Å². The smallest absolute Gasteiger partial charge is 0.331 e. The van der Waals surface area contributed by atoms with Crippen molar-refractivity contribution in [1.82, 2.24) is 0 Å². The molecule has 0 spiro atoms. The first-order valence-corrected chi connectivity index (χ1v) is 8.03. The molecule has 0 aromatic rings. The monoisotopic (exact) mass is 266 g/mol. The molecule has 110 valence electrons. The molecule has 1 aliphatic carbocycles. The number of carboxylic acids is 1. The number of hydrogen-bond donors (Lipinski definition) is 1. The normalized spacial score (nSPS) is 22.0. The Bertz CT molecular complexity index is 292. The standard InChI is InChI=1S/C17H30O2/c1-14(15(2)17(18)19)16-12-10-8-6-4-3-5-7-9-11-13-16/h16H,3-13H2,1-2H3,(H,18,19). The van der Waals surface area contributed by atoms with Crippen LogP contribution < -0.4 is 0 Å². The molecule has 1 saturated carbocycles. The number of carbonyl (C=O) groups is 1. The van der Waals surface area contributed by atoms with Crippen molar-refractivity contribution >= 4 is 5.97 Å². The summed E-state index contributed by atoms with van der Waals surface area (Å²) in [5, 5.41) is 9.13. The maximum Gasteiger partial charge on any atom is 0.331 e. The van der Waals surface area contributed by atoms with Crippen molar-refractivity contribution in [2.24, 2.45) is 5.92 Å². The number of aliphatic carboxylic acids is 1. The summed E-state index contributed by atoms with van der Waals surface area (Å²) in [5.74, 6) is -0.251. The number of allylic oxidation sites excluding steroid dienone is 1. The van der Waals surface area contributed by atoms with Crippen LogP contribution in [0.3, 0.4) is 0 Å². The van der Waals surface area contributed by atoms with Gasteiger partial charge >= 0.3 is 5.97 Å². The quantitative estimate of drug-likeness (QED) is 0.686. The number of hydrogen-bond acceptors (Lipinski definition) is 1. The van der Waals surface area contributed by atoms with E-state index in [9.17, 15) is 4.79 Å². The molecule has 0 heterocycles. The predicted molar refractivity (Wildman–Crippen MR) is 80.3 cm³/mol. The van der Waals surface area contributed by atoms with Gasteiger partial charge in [-0.25, -0.2) is 4.79 Å². The van der Waals surface area contributed by atoms with Gasteiger partial charge in [0.25, 0.3) is 0 Å². The molecule has 19 heavy (non-hydrogen) atoms. The fourth-order valence-electron chi connectivity index (χ4n) is 3.07. The molecule has 0 radical (unpaired) electrons. The van der Waals surface area contributed by atoms with E-state index >= 15 is 0 Å². The second-order valence-electron chi connectivity index (χ2n) is 6.07. The Morgan fingerprint density at radius 3 is 1.53 bits per heavy atom. The van der Waals surface area contributed by atoms with Crippen LogP contribution in [-0.2, 0) is 4.79 Å². The summed E-state index contributed by atoms with van der Waals surface area (Å²) < 4.78 is 0. The zero-order chi connectivity index (χ0) is 14.1. The molecule has 0 atom stereocenters. The first-order chi connectivity index (χ1) is 9.13. The highest BCUT2D eigenvalue weighted by Gasteiger charge is 2.16. The van der Waals surface area contributed by atoms with Crippen molar-refractivity contribution < 1.29 is 9.90 Å². The van der Waals surface area contributed by atoms with E-state index in [4.69, 9.17) is 5.11 Å². The molecule has 0 unspecified atom stereocenters. The van der Waals surface area contributed by atoms with Gasteiger partial charge in [0.1, 0.15) is 0 Å². The van der Waals surface area contributed by atoms with Crippen LogP contribution in [0.15, 0.2) is 11.1 Å². The third-order valence-electron chi connectivity index (χ3n) is 4.63. The lowest BCUT2D eigenvalue weighted by molar-refractivity contribution is -0.132. The molecule has 1 N–H and O–H groups in total. The van der Waals surface area contributed by atoms with Gasteiger partial charge in [0.05, 0.1) is 0 Å². The minimum atomic E-state index is -0.747. The van der Waals surface area contributed by atoms with E-state index in [-0.39, 0.29) is 0 Å². The predicted octanol–water partition coefficient (Wildman–Crippen LogP) is 5.33. The number of rotatable bonds is 2. The molecule has 0 aromatic carbocycles. The average molecular weight is 266 g/mol. The first kappa shape index (κ1) is 16.3. The van der Waals surface area contributed by atoms with E-state index in [1.165, 1.54) is 70.6 Å². The van der Waals surface area contributed by atoms with Crippen molar-refractivity contribution in [3.05, 3.63) is 11.1 Å². The molecule has 0 aliphatic heterocycles. The highest BCUT2D eigenvalue weighted by Crippen LogP contribution is 2.28. The van der Waals surface area contributed by atoms with Crippen LogP contribution in [0.2, 0.25) is 0 Å². The molecule has 0 saturated heterocycles. The zero-order valence-corrected chi connectivity index (χ0v) is 12.7. The van der Waals surface area contributed by atoms with Gasteiger partial charge in [0, 0.05) is 5.57 Å². The molecule has 1 rings (SSSR count). The van der Waals surface area contributed by atoms with Gasteiger partial charge in [-0.2, -0.15) is 0 Å². The lowest BCUT2D eigenvalue weighted by Crippen LogP contribution is -2.09. The molecule has 0 bridgehead atoms. The van der Waals surface area contributed by atoms with Gasteiger partial charge in [-0.1, -0.05) is 63.4 Å². The fraction of sp³-hybridized carbons (Fsp3) is 0.824. The highest BCUT2D eigenvalue weighted by molar-refractivity contribution is 5.86. The van der Waals surface area contributed by atoms with E-state index < -0.39 is 5.97 Å². The summed E-state index contributed by atoms with van der Waals surface area (Å²) in [6.07, 6.45) is 14.4. The highest BCUT2D eigenvalue weighted by atomic mass is 16.4. The third kappa shape index (κ3) is 6.26. The molecule has 0 amide bonds. The summed E-state index contributed by atoms with van der Waals surface area (Å²) in [7, 11) is 0. The van der Waals surface area contributed by atoms with Crippen molar-refractivity contribution in [3.63, 3.8) is 0 Å². The zero-order valence-electron chi connectivity index (χ0n) is 12.7. The molecule has 1 aliphatic rings. The Hall–Kier alpha value is -0.790. The Morgan fingerprint density at radius 2 is 1.16 bits per heavy atom. The van der Waals surface area contributed by atoms with E-state index in [1.807, 2.05) is 6.92 Å². The average Bonchev–Trinajstić information content (AvgIpc) is 2.37. The third-order valence-corrected chi connectivity index (χ3v) is 4.63. The second kappa shape index (κ2) is 9.17. The lowest BCUT2D eigenvalue weighted by Gasteiger charge is -2.20. The first-order valence-electron chi connectivity index (χ1n) is 8.03. The van der Waals surface area contributed by atoms with E-state index in [0.29, 0.717) is 11.5 Å². The van der Waals surface area contributed by atoms with Gasteiger partial charge in [-0.15, -0.1) is 0 Å². The second-order valence-corrected chi connectivity index (χ2v) is 6.07. The maximum atomic E-state index is 11.1. The molecule has 1 fully saturated rings. The van der Waals surface area contributed by atoms with Crippen LogP contribution in [0, 0.1) is 5.92 Å². The molecule has 2 nitrogen and oxygen atoms in total. The molecular weight excluding hydrogens is 236 g/mol. The van der Waals surface area contributed by atoms with Gasteiger partial charge < -0.3 is 5.11 Å². The minimum absolute atomic E-state index is 0.496. The van der Waals surface area contributed by atoms with Gasteiger partial charge in [0.15, 0.2) is 0 Å². The van der Waals surface area contributed by atoms with Crippen LogP contribution in [0.5, 0.6) is 0 Å². The van der Waals surface area contributed by atoms with E-state index in [1.54, 1.807) is 6.92 Å². The minimum Gasteiger partial charge on any atom is -0.478 e. The van der Waals surface area contributed by atoms with Crippen molar-refractivity contribution in [2.75, 3.05) is 0 Å². The maximum absolute atomic E-state index is 11.1. The Morgan fingerprint density at radius 1 is 0.789 bits per heavy atom. The van der Waals surface area contributed by atoms with E-state index in [0.717, 1.165) is 5.57 Å². The SMILES string of the molecule is CC(C(=O)O)=C(C)C1CCCCCCCCCCC1. The van der Waals surface area contributed by atoms with Crippen LogP contribution in [0.4, 0.5) is 0 Å². The van der Waals surface area contributed by atoms with E-state index in [2.05, 4.69) is 0 Å². The summed E-state index contributed by atoms with van der Waals surface area (Å²) in [4.78, 5) is 11.1.